The molecular weight excluding hydrogens is 352 g/mol. The van der Waals surface area contributed by atoms with Crippen LogP contribution >= 0.6 is 0 Å². The van der Waals surface area contributed by atoms with Crippen LogP contribution in [0.2, 0.25) is 0 Å². The zero-order valence-electron chi connectivity index (χ0n) is 16.1. The van der Waals surface area contributed by atoms with Gasteiger partial charge >= 0.3 is 0 Å². The van der Waals surface area contributed by atoms with Crippen molar-refractivity contribution in [2.45, 2.75) is 13.8 Å². The number of aromatic nitrogens is 1. The number of nitrogens with zero attached hydrogens (tertiary/aromatic N) is 2. The molecule has 0 saturated heterocycles. The molecule has 0 atom stereocenters. The number of hydrogen-bond acceptors (Lipinski definition) is 3. The van der Waals surface area contributed by atoms with Gasteiger partial charge in [-0.25, -0.2) is 5.43 Å². The van der Waals surface area contributed by atoms with Crippen LogP contribution in [0.15, 0.2) is 72.1 Å². The Morgan fingerprint density at radius 3 is 2.39 bits per heavy atom. The molecule has 2 aromatic carbocycles. The third-order valence-electron chi connectivity index (χ3n) is 4.68. The number of amides is 1. The highest BCUT2D eigenvalue weighted by atomic mass is 16.3. The Morgan fingerprint density at radius 1 is 1.11 bits per heavy atom. The van der Waals surface area contributed by atoms with E-state index in [0.29, 0.717) is 11.1 Å². The fraction of sp³-hybridized carbons (Fsp3) is 0.182. The van der Waals surface area contributed by atoms with E-state index in [1.54, 1.807) is 24.3 Å². The van der Waals surface area contributed by atoms with Gasteiger partial charge in [-0.15, -0.1) is 0 Å². The minimum absolute atomic E-state index is 0.106. The third kappa shape index (κ3) is 4.47. The molecule has 144 valence electrons. The molecule has 0 spiro atoms. The predicted octanol–water partition coefficient (Wildman–Crippen LogP) is 1.87. The number of carbonyl (C=O) groups excluding carboxylic acids is 1. The second-order valence-corrected chi connectivity index (χ2v) is 6.40. The van der Waals surface area contributed by atoms with Crippen LogP contribution in [0.4, 0.5) is 5.69 Å². The Labute approximate surface area is 164 Å². The molecule has 3 rings (SSSR count). The van der Waals surface area contributed by atoms with Crippen molar-refractivity contribution >= 4 is 17.8 Å². The van der Waals surface area contributed by atoms with Crippen molar-refractivity contribution in [2.24, 2.45) is 5.10 Å². The Kier molecular flexibility index (Phi) is 6.24. The van der Waals surface area contributed by atoms with Crippen LogP contribution in [-0.2, 0) is 0 Å². The molecule has 0 saturated carbocycles. The number of carbonyl (C=O) groups is 1. The van der Waals surface area contributed by atoms with Crippen molar-refractivity contribution in [3.63, 3.8) is 0 Å². The zero-order chi connectivity index (χ0) is 19.9. The van der Waals surface area contributed by atoms with Gasteiger partial charge in [-0.3, -0.25) is 4.79 Å². The smallest absolute Gasteiger partial charge is 0.271 e. The van der Waals surface area contributed by atoms with Crippen LogP contribution in [0.3, 0.4) is 0 Å². The summed E-state index contributed by atoms with van der Waals surface area (Å²) in [7, 11) is 0. The highest BCUT2D eigenvalue weighted by molar-refractivity contribution is 5.95. The molecule has 1 heterocycles. The lowest BCUT2D eigenvalue weighted by Crippen LogP contribution is -3.06. The van der Waals surface area contributed by atoms with Gasteiger partial charge in [-0.2, -0.15) is 5.10 Å². The Morgan fingerprint density at radius 2 is 1.79 bits per heavy atom. The molecule has 6 nitrogen and oxygen atoms in total. The first-order chi connectivity index (χ1) is 13.6. The Hall–Kier alpha value is -3.38. The lowest BCUT2D eigenvalue weighted by molar-refractivity contribution is -0.828. The van der Waals surface area contributed by atoms with Gasteiger partial charge in [-0.1, -0.05) is 5.75 Å². The van der Waals surface area contributed by atoms with Crippen molar-refractivity contribution in [3.8, 4) is 11.4 Å². The summed E-state index contributed by atoms with van der Waals surface area (Å²) in [4.78, 5) is 13.5. The highest BCUT2D eigenvalue weighted by Gasteiger charge is 2.07. The molecule has 28 heavy (non-hydrogen) atoms. The average Bonchev–Trinajstić information content (AvgIpc) is 3.25. The van der Waals surface area contributed by atoms with Crippen LogP contribution in [0, 0.1) is 0 Å². The van der Waals surface area contributed by atoms with Gasteiger partial charge in [-0.05, 0) is 74.0 Å². The molecule has 1 aromatic heterocycles. The number of rotatable bonds is 7. The minimum atomic E-state index is -0.327. The fourth-order valence-corrected chi connectivity index (χ4v) is 3.04. The monoisotopic (exact) mass is 376 g/mol. The van der Waals surface area contributed by atoms with E-state index < -0.39 is 0 Å². The van der Waals surface area contributed by atoms with E-state index in [1.807, 2.05) is 47.3 Å². The summed E-state index contributed by atoms with van der Waals surface area (Å²) in [5.74, 6) is -0.432. The second-order valence-electron chi connectivity index (χ2n) is 6.40. The zero-order valence-corrected chi connectivity index (χ0v) is 16.1. The Balaban J connectivity index is 1.63. The average molecular weight is 376 g/mol. The third-order valence-corrected chi connectivity index (χ3v) is 4.68. The largest absolute Gasteiger partial charge is 0.872 e. The summed E-state index contributed by atoms with van der Waals surface area (Å²) in [6, 6.07) is 16.4. The molecule has 2 N–H and O–H groups in total. The molecule has 0 aliphatic carbocycles. The van der Waals surface area contributed by atoms with E-state index in [9.17, 15) is 9.90 Å². The van der Waals surface area contributed by atoms with E-state index in [4.69, 9.17) is 0 Å². The summed E-state index contributed by atoms with van der Waals surface area (Å²) in [5.41, 5.74) is 5.35. The first-order valence-electron chi connectivity index (χ1n) is 9.35. The molecule has 0 radical (unpaired) electrons. The van der Waals surface area contributed by atoms with Gasteiger partial charge < -0.3 is 14.6 Å². The number of hydrogen-bond donors (Lipinski definition) is 2. The van der Waals surface area contributed by atoms with Crippen LogP contribution < -0.4 is 15.4 Å². The molecule has 3 aromatic rings. The van der Waals surface area contributed by atoms with E-state index in [0.717, 1.165) is 24.5 Å². The van der Waals surface area contributed by atoms with Crippen LogP contribution in [-0.4, -0.2) is 29.8 Å². The summed E-state index contributed by atoms with van der Waals surface area (Å²) >= 11 is 0. The molecule has 0 fully saturated rings. The van der Waals surface area contributed by atoms with Gasteiger partial charge in [0, 0.05) is 23.6 Å². The van der Waals surface area contributed by atoms with Crippen molar-refractivity contribution < 1.29 is 14.8 Å². The Bertz CT molecular complexity index is 943. The van der Waals surface area contributed by atoms with Gasteiger partial charge in [0.05, 0.1) is 19.3 Å². The van der Waals surface area contributed by atoms with Crippen molar-refractivity contribution in [1.82, 2.24) is 9.99 Å². The van der Waals surface area contributed by atoms with E-state index in [-0.39, 0.29) is 11.7 Å². The number of nitrogens with one attached hydrogen (secondary N) is 2. The molecule has 1 amide bonds. The number of quaternary nitrogens is 1. The van der Waals surface area contributed by atoms with E-state index in [1.165, 1.54) is 11.1 Å². The molecular formula is C22H24N4O2. The topological polar surface area (TPSA) is 73.9 Å². The van der Waals surface area contributed by atoms with Crippen molar-refractivity contribution in [2.75, 3.05) is 13.1 Å². The number of hydrazone groups is 1. The standard InChI is InChI=1S/C22H24N4O2/c1-3-25(4-2)20-12-9-18(21(27)15-20)16-23-24-22(28)17-7-10-19(11-8-17)26-13-5-6-14-26/h5-16,27H,3-4H2,1-2H3,(H,24,28). The molecule has 0 bridgehead atoms. The van der Waals surface area contributed by atoms with Crippen LogP contribution in [0.25, 0.3) is 5.69 Å². The first kappa shape index (κ1) is 19.4. The van der Waals surface area contributed by atoms with Crippen molar-refractivity contribution in [1.29, 1.82) is 0 Å². The first-order valence-corrected chi connectivity index (χ1v) is 9.35. The lowest BCUT2D eigenvalue weighted by Gasteiger charge is -2.18. The van der Waals surface area contributed by atoms with Crippen LogP contribution in [0.1, 0.15) is 29.8 Å². The molecule has 0 aliphatic rings. The van der Waals surface area contributed by atoms with Crippen molar-refractivity contribution in [3.05, 3.63) is 78.1 Å². The summed E-state index contributed by atoms with van der Waals surface area (Å²) in [5, 5.41) is 16.2. The summed E-state index contributed by atoms with van der Waals surface area (Å²) in [6.45, 7) is 6.00. The van der Waals surface area contributed by atoms with Gasteiger partial charge in [0.15, 0.2) is 0 Å². The maximum absolute atomic E-state index is 12.3. The summed E-state index contributed by atoms with van der Waals surface area (Å²) < 4.78 is 1.96. The normalized spacial score (nSPS) is 11.2. The maximum atomic E-state index is 12.3. The van der Waals surface area contributed by atoms with Crippen LogP contribution in [0.5, 0.6) is 5.75 Å². The summed E-state index contributed by atoms with van der Waals surface area (Å²) in [6.07, 6.45) is 5.26. The van der Waals surface area contributed by atoms with Gasteiger partial charge in [0.2, 0.25) is 0 Å². The SMILES string of the molecule is CC[NH+](CC)c1ccc(C=NNC(=O)c2ccc(-n3cccc3)cc2)c([O-])c1. The van der Waals surface area contributed by atoms with E-state index in [2.05, 4.69) is 24.4 Å². The van der Waals surface area contributed by atoms with Gasteiger partial charge in [0.25, 0.3) is 5.91 Å². The molecule has 0 aliphatic heterocycles. The maximum Gasteiger partial charge on any atom is 0.271 e. The fourth-order valence-electron chi connectivity index (χ4n) is 3.04. The van der Waals surface area contributed by atoms with Gasteiger partial charge in [0.1, 0.15) is 5.69 Å². The van der Waals surface area contributed by atoms with E-state index >= 15 is 0 Å². The lowest BCUT2D eigenvalue weighted by atomic mass is 10.2. The minimum Gasteiger partial charge on any atom is -0.872 e. The predicted molar refractivity (Wildman–Crippen MR) is 108 cm³/mol. The molecule has 0 unspecified atom stereocenters. The molecule has 6 heteroatoms. The highest BCUT2D eigenvalue weighted by Crippen LogP contribution is 2.15. The second kappa shape index (κ2) is 9.01. The number of benzene rings is 2. The quantitative estimate of drug-likeness (QED) is 0.488.